The highest BCUT2D eigenvalue weighted by atomic mass is 35.5. The van der Waals surface area contributed by atoms with E-state index in [-0.39, 0.29) is 12.5 Å². The predicted octanol–water partition coefficient (Wildman–Crippen LogP) is 3.34. The van der Waals surface area contributed by atoms with Crippen LogP contribution in [0.3, 0.4) is 0 Å². The van der Waals surface area contributed by atoms with Crippen LogP contribution >= 0.6 is 23.2 Å². The number of rotatable bonds is 5. The third kappa shape index (κ3) is 4.16. The van der Waals surface area contributed by atoms with Crippen LogP contribution in [0.5, 0.6) is 5.75 Å². The Kier molecular flexibility index (Phi) is 5.15. The van der Waals surface area contributed by atoms with Crippen molar-refractivity contribution in [2.75, 3.05) is 6.61 Å². The molecular weight excluding hydrogens is 311 g/mol. The molecular formula is C15H16Cl2N2O2. The van der Waals surface area contributed by atoms with E-state index >= 15 is 0 Å². The molecule has 0 unspecified atom stereocenters. The Morgan fingerprint density at radius 3 is 2.62 bits per heavy atom. The summed E-state index contributed by atoms with van der Waals surface area (Å²) < 4.78 is 7.39. The summed E-state index contributed by atoms with van der Waals surface area (Å²) in [7, 11) is 1.96. The zero-order valence-electron chi connectivity index (χ0n) is 11.8. The van der Waals surface area contributed by atoms with Crippen molar-refractivity contribution in [3.05, 3.63) is 51.8 Å². The lowest BCUT2D eigenvalue weighted by Gasteiger charge is -2.09. The van der Waals surface area contributed by atoms with Crippen molar-refractivity contribution in [1.82, 2.24) is 9.88 Å². The molecule has 2 rings (SSSR count). The molecule has 1 N–H and O–H groups in total. The van der Waals surface area contributed by atoms with Gasteiger partial charge in [0.15, 0.2) is 6.61 Å². The normalized spacial score (nSPS) is 10.5. The van der Waals surface area contributed by atoms with Gasteiger partial charge < -0.3 is 14.6 Å². The molecule has 2 aromatic rings. The van der Waals surface area contributed by atoms with Crippen LogP contribution in [0.2, 0.25) is 10.0 Å². The van der Waals surface area contributed by atoms with Crippen molar-refractivity contribution in [1.29, 1.82) is 0 Å². The quantitative estimate of drug-likeness (QED) is 0.915. The Balaban J connectivity index is 1.82. The molecule has 1 aromatic carbocycles. The van der Waals surface area contributed by atoms with E-state index in [4.69, 9.17) is 27.9 Å². The van der Waals surface area contributed by atoms with Gasteiger partial charge >= 0.3 is 0 Å². The molecule has 0 spiro atoms. The molecule has 0 aliphatic heterocycles. The molecule has 1 amide bonds. The minimum Gasteiger partial charge on any atom is -0.484 e. The summed E-state index contributed by atoms with van der Waals surface area (Å²) in [6, 6.07) is 8.87. The number of halogens is 2. The zero-order valence-corrected chi connectivity index (χ0v) is 13.3. The molecule has 0 saturated carbocycles. The third-order valence-electron chi connectivity index (χ3n) is 3.20. The Morgan fingerprint density at radius 2 is 2.00 bits per heavy atom. The van der Waals surface area contributed by atoms with E-state index in [0.717, 1.165) is 11.4 Å². The maximum Gasteiger partial charge on any atom is 0.258 e. The number of nitrogens with one attached hydrogen (secondary N) is 1. The Morgan fingerprint density at radius 1 is 1.24 bits per heavy atom. The topological polar surface area (TPSA) is 43.3 Å². The average molecular weight is 327 g/mol. The standard InChI is InChI=1S/C15H16Cl2N2O2/c1-10-3-4-11(19(10)2)8-18-15(20)9-21-12-5-6-13(16)14(17)7-12/h3-7H,8-9H2,1-2H3,(H,18,20). The Bertz CT molecular complexity index is 653. The van der Waals surface area contributed by atoms with E-state index in [0.29, 0.717) is 22.3 Å². The fourth-order valence-electron chi connectivity index (χ4n) is 1.80. The van der Waals surface area contributed by atoms with Crippen LogP contribution in [0.4, 0.5) is 0 Å². The first-order valence-corrected chi connectivity index (χ1v) is 7.18. The van der Waals surface area contributed by atoms with E-state index < -0.39 is 0 Å². The lowest BCUT2D eigenvalue weighted by atomic mass is 10.3. The Labute approximate surface area is 133 Å². The minimum atomic E-state index is -0.195. The first-order chi connectivity index (χ1) is 9.97. The second-order valence-corrected chi connectivity index (χ2v) is 5.48. The molecule has 0 fully saturated rings. The predicted molar refractivity (Wildman–Crippen MR) is 84.0 cm³/mol. The summed E-state index contributed by atoms with van der Waals surface area (Å²) in [5.41, 5.74) is 2.18. The monoisotopic (exact) mass is 326 g/mol. The summed E-state index contributed by atoms with van der Waals surface area (Å²) in [6.07, 6.45) is 0. The number of ether oxygens (including phenoxy) is 1. The van der Waals surface area contributed by atoms with Gasteiger partial charge in [-0.05, 0) is 31.2 Å². The molecule has 0 aliphatic carbocycles. The fourth-order valence-corrected chi connectivity index (χ4v) is 2.09. The molecule has 0 saturated heterocycles. The zero-order chi connectivity index (χ0) is 15.4. The van der Waals surface area contributed by atoms with Crippen LogP contribution in [0.15, 0.2) is 30.3 Å². The summed E-state index contributed by atoms with van der Waals surface area (Å²) in [4.78, 5) is 11.8. The van der Waals surface area contributed by atoms with Crippen LogP contribution in [-0.4, -0.2) is 17.1 Å². The largest absolute Gasteiger partial charge is 0.484 e. The number of hydrogen-bond donors (Lipinski definition) is 1. The van der Waals surface area contributed by atoms with Gasteiger partial charge in [-0.15, -0.1) is 0 Å². The minimum absolute atomic E-state index is 0.0681. The van der Waals surface area contributed by atoms with Gasteiger partial charge in [0.05, 0.1) is 16.6 Å². The van der Waals surface area contributed by atoms with Crippen molar-refractivity contribution in [3.8, 4) is 5.75 Å². The van der Waals surface area contributed by atoms with E-state index in [1.807, 2.05) is 30.7 Å². The van der Waals surface area contributed by atoms with Crippen molar-refractivity contribution in [3.63, 3.8) is 0 Å². The maximum absolute atomic E-state index is 11.8. The van der Waals surface area contributed by atoms with Crippen LogP contribution in [-0.2, 0) is 18.4 Å². The van der Waals surface area contributed by atoms with Gasteiger partial charge in [-0.1, -0.05) is 23.2 Å². The van der Waals surface area contributed by atoms with E-state index in [1.54, 1.807) is 18.2 Å². The SMILES string of the molecule is Cc1ccc(CNC(=O)COc2ccc(Cl)c(Cl)c2)n1C. The number of hydrogen-bond acceptors (Lipinski definition) is 2. The van der Waals surface area contributed by atoms with Crippen molar-refractivity contribution in [2.24, 2.45) is 7.05 Å². The van der Waals surface area contributed by atoms with Crippen molar-refractivity contribution < 1.29 is 9.53 Å². The summed E-state index contributed by atoms with van der Waals surface area (Å²) in [6.45, 7) is 2.41. The molecule has 1 heterocycles. The van der Waals surface area contributed by atoms with Crippen LogP contribution in [0.25, 0.3) is 0 Å². The molecule has 21 heavy (non-hydrogen) atoms. The van der Waals surface area contributed by atoms with Gasteiger partial charge in [0.2, 0.25) is 0 Å². The van der Waals surface area contributed by atoms with Crippen molar-refractivity contribution in [2.45, 2.75) is 13.5 Å². The van der Waals surface area contributed by atoms with E-state index in [1.165, 1.54) is 0 Å². The molecule has 0 atom stereocenters. The number of carbonyl (C=O) groups excluding carboxylic acids is 1. The van der Waals surface area contributed by atoms with E-state index in [9.17, 15) is 4.79 Å². The first-order valence-electron chi connectivity index (χ1n) is 6.43. The molecule has 0 radical (unpaired) electrons. The highest BCUT2D eigenvalue weighted by Crippen LogP contribution is 2.26. The lowest BCUT2D eigenvalue weighted by Crippen LogP contribution is -2.29. The van der Waals surface area contributed by atoms with Crippen LogP contribution < -0.4 is 10.1 Å². The van der Waals surface area contributed by atoms with Crippen LogP contribution in [0.1, 0.15) is 11.4 Å². The smallest absolute Gasteiger partial charge is 0.258 e. The van der Waals surface area contributed by atoms with Gasteiger partial charge in [0.1, 0.15) is 5.75 Å². The number of benzene rings is 1. The molecule has 6 heteroatoms. The van der Waals surface area contributed by atoms with E-state index in [2.05, 4.69) is 5.32 Å². The van der Waals surface area contributed by atoms with Gasteiger partial charge in [-0.2, -0.15) is 0 Å². The number of amides is 1. The molecule has 1 aromatic heterocycles. The number of aromatic nitrogens is 1. The second kappa shape index (κ2) is 6.87. The van der Waals surface area contributed by atoms with Gasteiger partial charge in [-0.25, -0.2) is 0 Å². The van der Waals surface area contributed by atoms with Gasteiger partial charge in [0.25, 0.3) is 5.91 Å². The number of aryl methyl sites for hydroxylation is 1. The highest BCUT2D eigenvalue weighted by molar-refractivity contribution is 6.42. The molecule has 0 aliphatic rings. The highest BCUT2D eigenvalue weighted by Gasteiger charge is 2.06. The molecule has 0 bridgehead atoms. The Hall–Kier alpha value is -1.65. The van der Waals surface area contributed by atoms with Gasteiger partial charge in [0, 0.05) is 24.5 Å². The summed E-state index contributed by atoms with van der Waals surface area (Å²) in [5.74, 6) is 0.314. The fraction of sp³-hybridized carbons (Fsp3) is 0.267. The second-order valence-electron chi connectivity index (χ2n) is 4.67. The third-order valence-corrected chi connectivity index (χ3v) is 3.94. The molecule has 112 valence electrons. The molecule has 4 nitrogen and oxygen atoms in total. The summed E-state index contributed by atoms with van der Waals surface area (Å²) in [5, 5.41) is 3.65. The number of carbonyl (C=O) groups is 1. The van der Waals surface area contributed by atoms with Gasteiger partial charge in [-0.3, -0.25) is 4.79 Å². The lowest BCUT2D eigenvalue weighted by molar-refractivity contribution is -0.123. The first kappa shape index (κ1) is 15.7. The van der Waals surface area contributed by atoms with Crippen LogP contribution in [0, 0.1) is 6.92 Å². The average Bonchev–Trinajstić information content (AvgIpc) is 2.78. The summed E-state index contributed by atoms with van der Waals surface area (Å²) >= 11 is 11.7. The number of nitrogens with zero attached hydrogens (tertiary/aromatic N) is 1. The van der Waals surface area contributed by atoms with Crippen molar-refractivity contribution >= 4 is 29.1 Å². The maximum atomic E-state index is 11.8.